The van der Waals surface area contributed by atoms with Gasteiger partial charge in [-0.15, -0.1) is 0 Å². The quantitative estimate of drug-likeness (QED) is 0.448. The van der Waals surface area contributed by atoms with Crippen molar-refractivity contribution in [2.45, 2.75) is 20.3 Å². The molecule has 0 unspecified atom stereocenters. The number of anilines is 1. The molecule has 3 aromatic carbocycles. The maximum atomic E-state index is 13.4. The fourth-order valence-electron chi connectivity index (χ4n) is 3.69. The van der Waals surface area contributed by atoms with Crippen LogP contribution in [0.15, 0.2) is 72.8 Å². The molecule has 0 saturated heterocycles. The van der Waals surface area contributed by atoms with Gasteiger partial charge < -0.3 is 10.1 Å². The van der Waals surface area contributed by atoms with Crippen molar-refractivity contribution < 1.29 is 9.53 Å². The molecule has 4 aromatic rings. The van der Waals surface area contributed by atoms with Crippen LogP contribution in [0.25, 0.3) is 22.2 Å². The maximum absolute atomic E-state index is 13.4. The van der Waals surface area contributed by atoms with Gasteiger partial charge in [-0.25, -0.2) is 4.98 Å². The van der Waals surface area contributed by atoms with Crippen LogP contribution in [-0.2, 0) is 6.42 Å². The topological polar surface area (TPSA) is 51.2 Å². The maximum Gasteiger partial charge on any atom is 0.256 e. The SMILES string of the molecule is CCc1cccc(NC(=O)c2c(C)c(-c3ccc(OC)cc3)nc3ccccc23)c1. The van der Waals surface area contributed by atoms with Crippen molar-refractivity contribution in [1.29, 1.82) is 0 Å². The molecule has 150 valence electrons. The summed E-state index contributed by atoms with van der Waals surface area (Å²) in [6.07, 6.45) is 0.919. The number of benzene rings is 3. The zero-order chi connectivity index (χ0) is 21.1. The number of nitrogens with one attached hydrogen (secondary N) is 1. The van der Waals surface area contributed by atoms with Gasteiger partial charge in [0.1, 0.15) is 5.75 Å². The summed E-state index contributed by atoms with van der Waals surface area (Å²) in [5, 5.41) is 3.92. The molecule has 4 rings (SSSR count). The molecule has 0 bridgehead atoms. The van der Waals surface area contributed by atoms with E-state index in [4.69, 9.17) is 9.72 Å². The summed E-state index contributed by atoms with van der Waals surface area (Å²) in [6.45, 7) is 4.05. The van der Waals surface area contributed by atoms with Crippen molar-refractivity contribution in [2.75, 3.05) is 12.4 Å². The van der Waals surface area contributed by atoms with Crippen molar-refractivity contribution in [3.63, 3.8) is 0 Å². The number of aromatic nitrogens is 1. The van der Waals surface area contributed by atoms with Crippen LogP contribution in [0.3, 0.4) is 0 Å². The van der Waals surface area contributed by atoms with Gasteiger partial charge in [0, 0.05) is 16.6 Å². The molecule has 30 heavy (non-hydrogen) atoms. The third kappa shape index (κ3) is 3.77. The molecular weight excluding hydrogens is 372 g/mol. The number of ether oxygens (including phenoxy) is 1. The van der Waals surface area contributed by atoms with Crippen molar-refractivity contribution in [2.24, 2.45) is 0 Å². The van der Waals surface area contributed by atoms with E-state index in [2.05, 4.69) is 18.3 Å². The number of para-hydroxylation sites is 1. The third-order valence-corrected chi connectivity index (χ3v) is 5.32. The lowest BCUT2D eigenvalue weighted by Crippen LogP contribution is -2.15. The molecule has 1 heterocycles. The Kier molecular flexibility index (Phi) is 5.48. The minimum atomic E-state index is -0.130. The minimum Gasteiger partial charge on any atom is -0.497 e. The number of methoxy groups -OCH3 is 1. The number of hydrogen-bond donors (Lipinski definition) is 1. The summed E-state index contributed by atoms with van der Waals surface area (Å²) in [6, 6.07) is 23.5. The average molecular weight is 396 g/mol. The zero-order valence-corrected chi connectivity index (χ0v) is 17.4. The molecule has 4 nitrogen and oxygen atoms in total. The Hall–Kier alpha value is -3.66. The molecule has 1 amide bonds. The number of hydrogen-bond acceptors (Lipinski definition) is 3. The first-order valence-electron chi connectivity index (χ1n) is 10.0. The first-order chi connectivity index (χ1) is 14.6. The van der Waals surface area contributed by atoms with Gasteiger partial charge in [-0.3, -0.25) is 4.79 Å². The van der Waals surface area contributed by atoms with E-state index < -0.39 is 0 Å². The second-order valence-corrected chi connectivity index (χ2v) is 7.21. The highest BCUT2D eigenvalue weighted by molar-refractivity contribution is 6.14. The average Bonchev–Trinajstić information content (AvgIpc) is 2.78. The monoisotopic (exact) mass is 396 g/mol. The highest BCUT2D eigenvalue weighted by Gasteiger charge is 2.19. The van der Waals surface area contributed by atoms with Crippen molar-refractivity contribution in [3.05, 3.63) is 89.5 Å². The van der Waals surface area contributed by atoms with Gasteiger partial charge in [0.25, 0.3) is 5.91 Å². The molecule has 0 radical (unpaired) electrons. The van der Waals surface area contributed by atoms with Crippen LogP contribution in [0.4, 0.5) is 5.69 Å². The van der Waals surface area contributed by atoms with E-state index >= 15 is 0 Å². The molecule has 1 N–H and O–H groups in total. The molecule has 4 heteroatoms. The Morgan fingerprint density at radius 3 is 2.50 bits per heavy atom. The lowest BCUT2D eigenvalue weighted by atomic mass is 9.97. The third-order valence-electron chi connectivity index (χ3n) is 5.32. The number of nitrogens with zero attached hydrogens (tertiary/aromatic N) is 1. The Labute approximate surface area is 176 Å². The number of fused-ring (bicyclic) bond motifs is 1. The smallest absolute Gasteiger partial charge is 0.256 e. The van der Waals surface area contributed by atoms with Crippen molar-refractivity contribution in [3.8, 4) is 17.0 Å². The minimum absolute atomic E-state index is 0.130. The standard InChI is InChI=1S/C26H24N2O2/c1-4-18-8-7-9-20(16-18)27-26(29)24-17(2)25(19-12-14-21(30-3)15-13-19)28-23-11-6-5-10-22(23)24/h5-16H,4H2,1-3H3,(H,27,29). The van der Waals surface area contributed by atoms with Crippen molar-refractivity contribution >= 4 is 22.5 Å². The van der Waals surface area contributed by atoms with Gasteiger partial charge in [-0.05, 0) is 66.9 Å². The Bertz CT molecular complexity index is 1210. The fourth-order valence-corrected chi connectivity index (χ4v) is 3.69. The molecule has 0 aliphatic rings. The van der Waals surface area contributed by atoms with Crippen LogP contribution < -0.4 is 10.1 Å². The van der Waals surface area contributed by atoms with E-state index in [9.17, 15) is 4.79 Å². The Balaban J connectivity index is 1.83. The fraction of sp³-hybridized carbons (Fsp3) is 0.154. The van der Waals surface area contributed by atoms with E-state index in [-0.39, 0.29) is 5.91 Å². The van der Waals surface area contributed by atoms with E-state index in [0.29, 0.717) is 5.56 Å². The van der Waals surface area contributed by atoms with Gasteiger partial charge >= 0.3 is 0 Å². The van der Waals surface area contributed by atoms with E-state index in [1.165, 1.54) is 5.56 Å². The highest BCUT2D eigenvalue weighted by atomic mass is 16.5. The number of aryl methyl sites for hydroxylation is 1. The zero-order valence-electron chi connectivity index (χ0n) is 17.4. The largest absolute Gasteiger partial charge is 0.497 e. The number of rotatable bonds is 5. The lowest BCUT2D eigenvalue weighted by Gasteiger charge is -2.15. The lowest BCUT2D eigenvalue weighted by molar-refractivity contribution is 0.102. The van der Waals surface area contributed by atoms with Crippen LogP contribution in [0.1, 0.15) is 28.4 Å². The van der Waals surface area contributed by atoms with Gasteiger partial charge in [0.05, 0.1) is 23.9 Å². The van der Waals surface area contributed by atoms with Crippen LogP contribution in [0, 0.1) is 6.92 Å². The van der Waals surface area contributed by atoms with E-state index in [0.717, 1.165) is 45.6 Å². The second-order valence-electron chi connectivity index (χ2n) is 7.21. The predicted octanol–water partition coefficient (Wildman–Crippen LogP) is 6.03. The summed E-state index contributed by atoms with van der Waals surface area (Å²) in [7, 11) is 1.64. The number of carbonyl (C=O) groups excluding carboxylic acids is 1. The molecule has 0 aliphatic heterocycles. The Morgan fingerprint density at radius 1 is 1.00 bits per heavy atom. The summed E-state index contributed by atoms with van der Waals surface area (Å²) in [4.78, 5) is 18.2. The summed E-state index contributed by atoms with van der Waals surface area (Å²) < 4.78 is 5.27. The first kappa shape index (κ1) is 19.6. The number of amides is 1. The summed E-state index contributed by atoms with van der Waals surface area (Å²) in [5.74, 6) is 0.653. The highest BCUT2D eigenvalue weighted by Crippen LogP contribution is 2.31. The summed E-state index contributed by atoms with van der Waals surface area (Å²) in [5.41, 5.74) is 6.01. The molecule has 0 atom stereocenters. The first-order valence-corrected chi connectivity index (χ1v) is 10.0. The molecule has 0 spiro atoms. The van der Waals surface area contributed by atoms with E-state index in [1.807, 2.05) is 73.7 Å². The van der Waals surface area contributed by atoms with Crippen LogP contribution in [-0.4, -0.2) is 18.0 Å². The van der Waals surface area contributed by atoms with Gasteiger partial charge in [-0.1, -0.05) is 37.3 Å². The second kappa shape index (κ2) is 8.37. The summed E-state index contributed by atoms with van der Waals surface area (Å²) >= 11 is 0. The molecular formula is C26H24N2O2. The van der Waals surface area contributed by atoms with Gasteiger partial charge in [-0.2, -0.15) is 0 Å². The molecule has 1 aromatic heterocycles. The predicted molar refractivity (Wildman–Crippen MR) is 122 cm³/mol. The van der Waals surface area contributed by atoms with Crippen LogP contribution in [0.5, 0.6) is 5.75 Å². The van der Waals surface area contributed by atoms with Gasteiger partial charge in [0.15, 0.2) is 0 Å². The van der Waals surface area contributed by atoms with Crippen LogP contribution in [0.2, 0.25) is 0 Å². The van der Waals surface area contributed by atoms with Crippen LogP contribution >= 0.6 is 0 Å². The normalized spacial score (nSPS) is 10.8. The van der Waals surface area contributed by atoms with Gasteiger partial charge in [0.2, 0.25) is 0 Å². The molecule has 0 fully saturated rings. The number of carbonyl (C=O) groups is 1. The Morgan fingerprint density at radius 2 is 1.77 bits per heavy atom. The van der Waals surface area contributed by atoms with E-state index in [1.54, 1.807) is 7.11 Å². The van der Waals surface area contributed by atoms with Crippen molar-refractivity contribution in [1.82, 2.24) is 4.98 Å². The molecule has 0 saturated carbocycles. The number of pyridine rings is 1. The molecule has 0 aliphatic carbocycles.